The van der Waals surface area contributed by atoms with E-state index in [2.05, 4.69) is 16.7 Å². The van der Waals surface area contributed by atoms with E-state index in [-0.39, 0.29) is 5.75 Å². The number of aromatic nitrogens is 1. The van der Waals surface area contributed by atoms with Gasteiger partial charge in [-0.05, 0) is 23.8 Å². The highest BCUT2D eigenvalue weighted by Gasteiger charge is 2.18. The Hall–Kier alpha value is -3.20. The third kappa shape index (κ3) is 2.74. The topological polar surface area (TPSA) is 34.4 Å². The van der Waals surface area contributed by atoms with Gasteiger partial charge in [-0.2, -0.15) is 0 Å². The molecule has 0 aliphatic rings. The van der Waals surface area contributed by atoms with Gasteiger partial charge in [0.1, 0.15) is 11.5 Å². The zero-order chi connectivity index (χ0) is 17.2. The van der Waals surface area contributed by atoms with Crippen LogP contribution >= 0.6 is 0 Å². The summed E-state index contributed by atoms with van der Waals surface area (Å²) < 4.78 is 7.49. The maximum Gasteiger partial charge on any atom is 0.149 e. The molecule has 0 bridgehead atoms. The van der Waals surface area contributed by atoms with Crippen LogP contribution in [0.4, 0.5) is 0 Å². The van der Waals surface area contributed by atoms with Crippen molar-refractivity contribution in [3.8, 4) is 22.8 Å². The Morgan fingerprint density at radius 3 is 2.24 bits per heavy atom. The predicted octanol–water partition coefficient (Wildman–Crippen LogP) is 5.07. The lowest BCUT2D eigenvalue weighted by Crippen LogP contribution is -2.01. The lowest BCUT2D eigenvalue weighted by Gasteiger charge is -2.11. The zero-order valence-electron chi connectivity index (χ0n) is 14.0. The maximum atomic E-state index is 10.9. The van der Waals surface area contributed by atoms with E-state index >= 15 is 0 Å². The first-order valence-electron chi connectivity index (χ1n) is 8.26. The number of methoxy groups -OCH3 is 1. The minimum Gasteiger partial charge on any atom is -0.505 e. The number of fused-ring (bicyclic) bond motifs is 1. The van der Waals surface area contributed by atoms with Crippen molar-refractivity contribution in [3.63, 3.8) is 0 Å². The van der Waals surface area contributed by atoms with Gasteiger partial charge in [-0.15, -0.1) is 0 Å². The molecular weight excluding hydrogens is 310 g/mol. The van der Waals surface area contributed by atoms with Gasteiger partial charge >= 0.3 is 0 Å². The third-order valence-corrected chi connectivity index (χ3v) is 4.47. The number of benzene rings is 3. The summed E-state index contributed by atoms with van der Waals surface area (Å²) in [6.45, 7) is 0.689. The summed E-state index contributed by atoms with van der Waals surface area (Å²) >= 11 is 0. The molecule has 3 heteroatoms. The first-order chi connectivity index (χ1) is 12.3. The van der Waals surface area contributed by atoms with E-state index in [1.54, 1.807) is 7.11 Å². The van der Waals surface area contributed by atoms with Gasteiger partial charge in [0.2, 0.25) is 0 Å². The maximum absolute atomic E-state index is 10.9. The monoisotopic (exact) mass is 329 g/mol. The minimum absolute atomic E-state index is 0.288. The molecule has 0 saturated carbocycles. The fourth-order valence-corrected chi connectivity index (χ4v) is 3.26. The highest BCUT2D eigenvalue weighted by atomic mass is 16.5. The lowest BCUT2D eigenvalue weighted by molar-refractivity contribution is 0.415. The molecule has 3 aromatic carbocycles. The van der Waals surface area contributed by atoms with Crippen LogP contribution in [0.2, 0.25) is 0 Å². The average molecular weight is 329 g/mol. The summed E-state index contributed by atoms with van der Waals surface area (Å²) in [7, 11) is 1.64. The molecule has 0 aliphatic heterocycles. The van der Waals surface area contributed by atoms with Crippen molar-refractivity contribution in [2.45, 2.75) is 6.54 Å². The number of hydrogen-bond donors (Lipinski definition) is 1. The first-order valence-corrected chi connectivity index (χ1v) is 8.26. The standard InChI is InChI=1S/C22H19NO2/c1-25-18-12-13-20-19(14-18)22(24)21(17-10-6-3-7-11-17)23(20)15-16-8-4-2-5-9-16/h2-14,24H,15H2,1H3. The predicted molar refractivity (Wildman–Crippen MR) is 101 cm³/mol. The Kier molecular flexibility index (Phi) is 3.90. The minimum atomic E-state index is 0.288. The Morgan fingerprint density at radius 2 is 1.56 bits per heavy atom. The van der Waals surface area contributed by atoms with Crippen molar-refractivity contribution < 1.29 is 9.84 Å². The fraction of sp³-hybridized carbons (Fsp3) is 0.0909. The summed E-state index contributed by atoms with van der Waals surface area (Å²) in [5.41, 5.74) is 3.99. The molecule has 0 atom stereocenters. The van der Waals surface area contributed by atoms with E-state index in [1.165, 1.54) is 5.56 Å². The number of aromatic hydroxyl groups is 1. The molecule has 124 valence electrons. The van der Waals surface area contributed by atoms with Crippen LogP contribution in [-0.2, 0) is 6.54 Å². The van der Waals surface area contributed by atoms with E-state index in [0.717, 1.165) is 27.9 Å². The van der Waals surface area contributed by atoms with Crippen LogP contribution in [0.25, 0.3) is 22.2 Å². The van der Waals surface area contributed by atoms with Gasteiger partial charge < -0.3 is 14.4 Å². The number of ether oxygens (including phenoxy) is 1. The second-order valence-corrected chi connectivity index (χ2v) is 6.02. The van der Waals surface area contributed by atoms with Crippen molar-refractivity contribution >= 4 is 10.9 Å². The molecule has 0 fully saturated rings. The Bertz CT molecular complexity index is 1000. The van der Waals surface area contributed by atoms with Crippen molar-refractivity contribution in [1.82, 2.24) is 4.57 Å². The smallest absolute Gasteiger partial charge is 0.149 e. The molecular formula is C22H19NO2. The summed E-state index contributed by atoms with van der Waals surface area (Å²) in [5, 5.41) is 11.7. The number of rotatable bonds is 4. The van der Waals surface area contributed by atoms with E-state index in [1.807, 2.05) is 66.7 Å². The van der Waals surface area contributed by atoms with Crippen LogP contribution in [0, 0.1) is 0 Å². The number of hydrogen-bond acceptors (Lipinski definition) is 2. The molecule has 0 aliphatic carbocycles. The molecule has 1 N–H and O–H groups in total. The van der Waals surface area contributed by atoms with Crippen LogP contribution in [0.15, 0.2) is 78.9 Å². The molecule has 1 heterocycles. The molecule has 4 aromatic rings. The molecule has 0 radical (unpaired) electrons. The van der Waals surface area contributed by atoms with Gasteiger partial charge in [-0.3, -0.25) is 0 Å². The second-order valence-electron chi connectivity index (χ2n) is 6.02. The van der Waals surface area contributed by atoms with E-state index < -0.39 is 0 Å². The SMILES string of the molecule is COc1ccc2c(c1)c(O)c(-c1ccccc1)n2Cc1ccccc1. The van der Waals surface area contributed by atoms with Crippen LogP contribution in [-0.4, -0.2) is 16.8 Å². The van der Waals surface area contributed by atoms with E-state index in [9.17, 15) is 5.11 Å². The number of nitrogens with zero attached hydrogens (tertiary/aromatic N) is 1. The summed E-state index contributed by atoms with van der Waals surface area (Å²) in [6.07, 6.45) is 0. The average Bonchev–Trinajstić information content (AvgIpc) is 2.94. The van der Waals surface area contributed by atoms with Crippen molar-refractivity contribution in [3.05, 3.63) is 84.4 Å². The van der Waals surface area contributed by atoms with Gasteiger partial charge in [0.25, 0.3) is 0 Å². The van der Waals surface area contributed by atoms with Gasteiger partial charge in [-0.25, -0.2) is 0 Å². The molecule has 0 unspecified atom stereocenters. The summed E-state index contributed by atoms with van der Waals surface area (Å²) in [5.74, 6) is 1.02. The summed E-state index contributed by atoms with van der Waals surface area (Å²) in [6, 6.07) is 26.1. The summed E-state index contributed by atoms with van der Waals surface area (Å²) in [4.78, 5) is 0. The van der Waals surface area contributed by atoms with Gasteiger partial charge in [0.15, 0.2) is 0 Å². The Labute approximate surface area is 146 Å². The van der Waals surface area contributed by atoms with E-state index in [0.29, 0.717) is 6.54 Å². The normalized spacial score (nSPS) is 10.9. The van der Waals surface area contributed by atoms with Crippen LogP contribution in [0.1, 0.15) is 5.56 Å². The first kappa shape index (κ1) is 15.3. The van der Waals surface area contributed by atoms with Gasteiger partial charge in [0.05, 0.1) is 18.3 Å². The molecule has 1 aromatic heterocycles. The Balaban J connectivity index is 1.97. The largest absolute Gasteiger partial charge is 0.505 e. The fourth-order valence-electron chi connectivity index (χ4n) is 3.26. The van der Waals surface area contributed by atoms with Crippen LogP contribution in [0.3, 0.4) is 0 Å². The molecule has 0 spiro atoms. The zero-order valence-corrected chi connectivity index (χ0v) is 14.0. The highest BCUT2D eigenvalue weighted by molar-refractivity contribution is 5.95. The molecule has 0 amide bonds. The molecule has 25 heavy (non-hydrogen) atoms. The molecule has 3 nitrogen and oxygen atoms in total. The van der Waals surface area contributed by atoms with Gasteiger partial charge in [-0.1, -0.05) is 60.7 Å². The quantitative estimate of drug-likeness (QED) is 0.567. The Morgan fingerprint density at radius 1 is 0.880 bits per heavy atom. The van der Waals surface area contributed by atoms with Crippen molar-refractivity contribution in [1.29, 1.82) is 0 Å². The van der Waals surface area contributed by atoms with Crippen molar-refractivity contribution in [2.24, 2.45) is 0 Å². The van der Waals surface area contributed by atoms with Crippen LogP contribution < -0.4 is 4.74 Å². The lowest BCUT2D eigenvalue weighted by atomic mass is 10.1. The highest BCUT2D eigenvalue weighted by Crippen LogP contribution is 2.40. The molecule has 0 saturated heterocycles. The molecule has 4 rings (SSSR count). The second kappa shape index (κ2) is 6.36. The van der Waals surface area contributed by atoms with Gasteiger partial charge in [0, 0.05) is 17.5 Å². The van der Waals surface area contributed by atoms with Crippen LogP contribution in [0.5, 0.6) is 11.5 Å². The van der Waals surface area contributed by atoms with Crippen molar-refractivity contribution in [2.75, 3.05) is 7.11 Å². The third-order valence-electron chi connectivity index (χ3n) is 4.47. The van der Waals surface area contributed by atoms with E-state index in [4.69, 9.17) is 4.74 Å².